The van der Waals surface area contributed by atoms with Crippen molar-refractivity contribution in [3.63, 3.8) is 0 Å². The van der Waals surface area contributed by atoms with Crippen LogP contribution in [0.1, 0.15) is 19.8 Å². The number of hydrogen-bond donors (Lipinski definition) is 1. The molecule has 1 heterocycles. The first-order valence-electron chi connectivity index (χ1n) is 7.44. The van der Waals surface area contributed by atoms with Gasteiger partial charge in [0.25, 0.3) is 0 Å². The van der Waals surface area contributed by atoms with Crippen LogP contribution in [0.4, 0.5) is 0 Å². The third-order valence-corrected chi connectivity index (χ3v) is 3.63. The molecule has 1 aliphatic heterocycles. The van der Waals surface area contributed by atoms with E-state index >= 15 is 0 Å². The van der Waals surface area contributed by atoms with E-state index < -0.39 is 0 Å². The Morgan fingerprint density at radius 1 is 1.25 bits per heavy atom. The smallest absolute Gasteiger partial charge is 0.119 e. The summed E-state index contributed by atoms with van der Waals surface area (Å²) >= 11 is 0. The Hall–Kier alpha value is -1.26. The van der Waals surface area contributed by atoms with Crippen molar-refractivity contribution in [1.29, 1.82) is 0 Å². The van der Waals surface area contributed by atoms with Crippen molar-refractivity contribution in [2.75, 3.05) is 33.5 Å². The zero-order chi connectivity index (χ0) is 14.2. The van der Waals surface area contributed by atoms with Crippen molar-refractivity contribution in [2.45, 2.75) is 25.8 Å². The lowest BCUT2D eigenvalue weighted by Gasteiger charge is -2.22. The van der Waals surface area contributed by atoms with Crippen LogP contribution in [-0.4, -0.2) is 39.5 Å². The summed E-state index contributed by atoms with van der Waals surface area (Å²) < 4.78 is 16.8. The van der Waals surface area contributed by atoms with Crippen molar-refractivity contribution in [3.05, 3.63) is 24.3 Å². The third kappa shape index (κ3) is 4.39. The van der Waals surface area contributed by atoms with Crippen LogP contribution in [0.5, 0.6) is 11.5 Å². The predicted octanol–water partition coefficient (Wildman–Crippen LogP) is 2.48. The summed E-state index contributed by atoms with van der Waals surface area (Å²) in [6, 6.07) is 8.18. The molecule has 1 aliphatic rings. The largest absolute Gasteiger partial charge is 0.494 e. The molecule has 0 saturated carbocycles. The van der Waals surface area contributed by atoms with E-state index in [1.165, 1.54) is 0 Å². The Labute approximate surface area is 121 Å². The van der Waals surface area contributed by atoms with Crippen molar-refractivity contribution >= 4 is 0 Å². The van der Waals surface area contributed by atoms with Crippen LogP contribution in [0, 0.1) is 5.92 Å². The maximum atomic E-state index is 5.86. The van der Waals surface area contributed by atoms with Crippen LogP contribution >= 0.6 is 0 Å². The van der Waals surface area contributed by atoms with Gasteiger partial charge < -0.3 is 19.5 Å². The molecule has 1 aromatic carbocycles. The van der Waals surface area contributed by atoms with Gasteiger partial charge in [-0.1, -0.05) is 6.92 Å². The maximum absolute atomic E-state index is 5.86. The summed E-state index contributed by atoms with van der Waals surface area (Å²) in [5.74, 6) is 2.33. The summed E-state index contributed by atoms with van der Waals surface area (Å²) in [7, 11) is 1.98. The van der Waals surface area contributed by atoms with E-state index in [0.717, 1.165) is 44.2 Å². The average Bonchev–Trinajstić information content (AvgIpc) is 3.01. The zero-order valence-electron chi connectivity index (χ0n) is 12.4. The lowest BCUT2D eigenvalue weighted by atomic mass is 10.00. The Kier molecular flexibility index (Phi) is 6.15. The molecular formula is C16H25NO3. The molecule has 0 spiro atoms. The number of nitrogens with one attached hydrogen (secondary N) is 1. The zero-order valence-corrected chi connectivity index (χ0v) is 12.4. The number of rotatable bonds is 8. The topological polar surface area (TPSA) is 39.7 Å². The first kappa shape index (κ1) is 15.1. The highest BCUT2D eigenvalue weighted by atomic mass is 16.5. The van der Waals surface area contributed by atoms with Gasteiger partial charge in [0, 0.05) is 18.6 Å². The summed E-state index contributed by atoms with van der Waals surface area (Å²) in [6.45, 7) is 5.22. The summed E-state index contributed by atoms with van der Waals surface area (Å²) in [6.07, 6.45) is 2.13. The molecule has 4 heteroatoms. The highest BCUT2D eigenvalue weighted by molar-refractivity contribution is 5.31. The van der Waals surface area contributed by atoms with Crippen LogP contribution in [-0.2, 0) is 4.74 Å². The maximum Gasteiger partial charge on any atom is 0.119 e. The minimum Gasteiger partial charge on any atom is -0.494 e. The van der Waals surface area contributed by atoms with Crippen LogP contribution in [0.3, 0.4) is 0 Å². The molecule has 0 aliphatic carbocycles. The Morgan fingerprint density at radius 2 is 1.95 bits per heavy atom. The monoisotopic (exact) mass is 279 g/mol. The Morgan fingerprint density at radius 3 is 2.50 bits per heavy atom. The molecule has 2 unspecified atom stereocenters. The van der Waals surface area contributed by atoms with Crippen molar-refractivity contribution in [1.82, 2.24) is 5.32 Å². The molecule has 1 N–H and O–H groups in total. The summed E-state index contributed by atoms with van der Waals surface area (Å²) in [5.41, 5.74) is 0. The molecule has 1 aromatic rings. The molecule has 1 saturated heterocycles. The van der Waals surface area contributed by atoms with Gasteiger partial charge in [-0.2, -0.15) is 0 Å². The van der Waals surface area contributed by atoms with E-state index in [9.17, 15) is 0 Å². The van der Waals surface area contributed by atoms with Gasteiger partial charge in [-0.05, 0) is 44.2 Å². The van der Waals surface area contributed by atoms with Crippen LogP contribution < -0.4 is 14.8 Å². The van der Waals surface area contributed by atoms with Gasteiger partial charge in [0.2, 0.25) is 0 Å². The third-order valence-electron chi connectivity index (χ3n) is 3.63. The van der Waals surface area contributed by atoms with Crippen molar-refractivity contribution < 1.29 is 14.2 Å². The normalized spacial score (nSPS) is 19.8. The van der Waals surface area contributed by atoms with Gasteiger partial charge in [0.1, 0.15) is 18.1 Å². The minimum atomic E-state index is 0.341. The summed E-state index contributed by atoms with van der Waals surface area (Å²) in [4.78, 5) is 0. The highest BCUT2D eigenvalue weighted by Crippen LogP contribution is 2.20. The molecule has 0 bridgehead atoms. The molecule has 2 rings (SSSR count). The second-order valence-electron chi connectivity index (χ2n) is 5.15. The van der Waals surface area contributed by atoms with Crippen LogP contribution in [0.2, 0.25) is 0 Å². The molecule has 2 atom stereocenters. The molecule has 4 nitrogen and oxygen atoms in total. The van der Waals surface area contributed by atoms with E-state index in [1.54, 1.807) is 0 Å². The van der Waals surface area contributed by atoms with Crippen molar-refractivity contribution in [3.8, 4) is 11.5 Å². The summed E-state index contributed by atoms with van der Waals surface area (Å²) in [5, 5.41) is 3.32. The van der Waals surface area contributed by atoms with Crippen molar-refractivity contribution in [2.24, 2.45) is 5.92 Å². The first-order valence-corrected chi connectivity index (χ1v) is 7.44. The molecule has 1 fully saturated rings. The molecule has 112 valence electrons. The predicted molar refractivity (Wildman–Crippen MR) is 79.5 cm³/mol. The first-order chi connectivity index (χ1) is 9.83. The SMILES string of the molecule is CCCOc1ccc(OCC(NC)C2CCOC2)cc1. The number of ether oxygens (including phenoxy) is 3. The lowest BCUT2D eigenvalue weighted by molar-refractivity contribution is 0.162. The molecule has 20 heavy (non-hydrogen) atoms. The van der Waals surface area contributed by atoms with Crippen LogP contribution in [0.25, 0.3) is 0 Å². The van der Waals surface area contributed by atoms with Gasteiger partial charge in [-0.25, -0.2) is 0 Å². The second kappa shape index (κ2) is 8.12. The van der Waals surface area contributed by atoms with Gasteiger partial charge in [-0.15, -0.1) is 0 Å². The van der Waals surface area contributed by atoms with E-state index in [-0.39, 0.29) is 0 Å². The quantitative estimate of drug-likeness (QED) is 0.793. The fraction of sp³-hybridized carbons (Fsp3) is 0.625. The van der Waals surface area contributed by atoms with E-state index in [1.807, 2.05) is 31.3 Å². The van der Waals surface area contributed by atoms with Gasteiger partial charge in [0.15, 0.2) is 0 Å². The Bertz CT molecular complexity index is 374. The fourth-order valence-electron chi connectivity index (χ4n) is 2.36. The highest BCUT2D eigenvalue weighted by Gasteiger charge is 2.24. The minimum absolute atomic E-state index is 0.341. The van der Waals surface area contributed by atoms with E-state index in [2.05, 4.69) is 12.2 Å². The lowest BCUT2D eigenvalue weighted by Crippen LogP contribution is -2.39. The van der Waals surface area contributed by atoms with Gasteiger partial charge in [0.05, 0.1) is 13.2 Å². The number of hydrogen-bond acceptors (Lipinski definition) is 4. The number of benzene rings is 1. The molecule has 0 amide bonds. The molecule has 0 aromatic heterocycles. The molecule has 0 radical (unpaired) electrons. The van der Waals surface area contributed by atoms with Gasteiger partial charge in [-0.3, -0.25) is 0 Å². The van der Waals surface area contributed by atoms with E-state index in [4.69, 9.17) is 14.2 Å². The standard InChI is InChI=1S/C16H25NO3/c1-3-9-19-14-4-6-15(7-5-14)20-12-16(17-2)13-8-10-18-11-13/h4-7,13,16-17H,3,8-12H2,1-2H3. The van der Waals surface area contributed by atoms with Crippen LogP contribution in [0.15, 0.2) is 24.3 Å². The van der Waals surface area contributed by atoms with E-state index in [0.29, 0.717) is 18.6 Å². The number of likely N-dealkylation sites (N-methyl/N-ethyl adjacent to an activating group) is 1. The van der Waals surface area contributed by atoms with Gasteiger partial charge >= 0.3 is 0 Å². The fourth-order valence-corrected chi connectivity index (χ4v) is 2.36. The average molecular weight is 279 g/mol. The second-order valence-corrected chi connectivity index (χ2v) is 5.15. The Balaban J connectivity index is 1.80. The molecular weight excluding hydrogens is 254 g/mol.